The van der Waals surface area contributed by atoms with Crippen LogP contribution in [0.3, 0.4) is 0 Å². The second kappa shape index (κ2) is 4.60. The molecule has 0 aromatic heterocycles. The number of aliphatic imine (C=N–C) groups is 1. The summed E-state index contributed by atoms with van der Waals surface area (Å²) in [6, 6.07) is 6.62. The summed E-state index contributed by atoms with van der Waals surface area (Å²) in [5.74, 6) is -0.289. The Hall–Kier alpha value is -0.860. The highest BCUT2D eigenvalue weighted by atomic mass is 127. The molecule has 1 aromatic rings. The van der Waals surface area contributed by atoms with E-state index in [9.17, 15) is 4.39 Å². The van der Waals surface area contributed by atoms with Crippen molar-refractivity contribution in [1.82, 2.24) is 15.5 Å². The minimum Gasteiger partial charge on any atom is -0.359 e. The van der Waals surface area contributed by atoms with Gasteiger partial charge in [0, 0.05) is 12.6 Å². The maximum atomic E-state index is 14.0. The zero-order valence-corrected chi connectivity index (χ0v) is 13.0. The van der Waals surface area contributed by atoms with E-state index in [0.29, 0.717) is 21.8 Å². The van der Waals surface area contributed by atoms with E-state index in [2.05, 4.69) is 15.6 Å². The lowest BCUT2D eigenvalue weighted by atomic mass is 10.1. The molecule has 3 rings (SSSR count). The molecule has 19 heavy (non-hydrogen) atoms. The highest BCUT2D eigenvalue weighted by Gasteiger charge is 2.45. The van der Waals surface area contributed by atoms with Gasteiger partial charge in [-0.25, -0.2) is 9.38 Å². The van der Waals surface area contributed by atoms with Crippen LogP contribution >= 0.6 is 34.2 Å². The Morgan fingerprint density at radius 1 is 1.47 bits per heavy atom. The summed E-state index contributed by atoms with van der Waals surface area (Å²) < 4.78 is 14.6. The highest BCUT2D eigenvalue weighted by molar-refractivity contribution is 14.1. The van der Waals surface area contributed by atoms with E-state index in [0.717, 1.165) is 5.70 Å². The molecule has 1 unspecified atom stereocenters. The van der Waals surface area contributed by atoms with E-state index in [1.54, 1.807) is 18.2 Å². The summed E-state index contributed by atoms with van der Waals surface area (Å²) in [5, 5.41) is 5.20. The van der Waals surface area contributed by atoms with E-state index >= 15 is 0 Å². The molecule has 2 aliphatic heterocycles. The topological polar surface area (TPSA) is 39.7 Å². The number of fused-ring (bicyclic) bond motifs is 1. The fourth-order valence-corrected chi connectivity index (χ4v) is 3.43. The van der Waals surface area contributed by atoms with E-state index in [-0.39, 0.29) is 5.82 Å². The highest BCUT2D eigenvalue weighted by Crippen LogP contribution is 2.39. The van der Waals surface area contributed by atoms with Crippen LogP contribution in [0.2, 0.25) is 0 Å². The molecule has 1 aromatic carbocycles. The molecule has 100 valence electrons. The van der Waals surface area contributed by atoms with Crippen molar-refractivity contribution in [3.05, 3.63) is 41.3 Å². The quantitative estimate of drug-likeness (QED) is 0.438. The number of likely N-dealkylation sites (N-methyl/N-ethyl adjacent to an activating group) is 1. The molecular weight excluding hydrogens is 382 g/mol. The molecule has 2 aliphatic rings. The third-order valence-electron chi connectivity index (χ3n) is 3.11. The summed E-state index contributed by atoms with van der Waals surface area (Å²) >= 11 is 8.54. The average molecular weight is 393 g/mol. The van der Waals surface area contributed by atoms with Gasteiger partial charge in [0.05, 0.1) is 18.1 Å². The summed E-state index contributed by atoms with van der Waals surface area (Å²) in [6.45, 7) is 0.561. The van der Waals surface area contributed by atoms with Crippen LogP contribution in [-0.4, -0.2) is 27.6 Å². The van der Waals surface area contributed by atoms with Gasteiger partial charge in [-0.2, -0.15) is 0 Å². The molecule has 0 amide bonds. The lowest BCUT2D eigenvalue weighted by molar-refractivity contribution is 0.466. The van der Waals surface area contributed by atoms with Gasteiger partial charge in [0.15, 0.2) is 3.84 Å². The minimum atomic E-state index is -1.02. The number of nitrogens with one attached hydrogen (secondary N) is 2. The smallest absolute Gasteiger partial charge is 0.233 e. The number of hydrogen-bond donors (Lipinski definition) is 2. The van der Waals surface area contributed by atoms with Gasteiger partial charge in [0.25, 0.3) is 0 Å². The monoisotopic (exact) mass is 392 g/mol. The SMILES string of the molecule is CN1CNC2(Cl)N=C(I)NC(c3ccccc3F)=C12. The summed E-state index contributed by atoms with van der Waals surface area (Å²) in [6.07, 6.45) is 0. The molecular formula is C12H11ClFIN4. The third-order valence-corrected chi connectivity index (χ3v) is 4.01. The summed E-state index contributed by atoms with van der Waals surface area (Å²) in [5.41, 5.74) is 1.88. The van der Waals surface area contributed by atoms with Crippen LogP contribution in [0.1, 0.15) is 5.56 Å². The maximum absolute atomic E-state index is 14.0. The Bertz CT molecular complexity index is 603. The van der Waals surface area contributed by atoms with Gasteiger partial charge < -0.3 is 10.2 Å². The van der Waals surface area contributed by atoms with Crippen LogP contribution < -0.4 is 10.6 Å². The molecule has 2 N–H and O–H groups in total. The normalized spacial score (nSPS) is 26.1. The number of benzene rings is 1. The zero-order chi connectivity index (χ0) is 13.6. The first-order valence-corrected chi connectivity index (χ1v) is 7.14. The average Bonchev–Trinajstić information content (AvgIpc) is 2.65. The molecule has 4 nitrogen and oxygen atoms in total. The van der Waals surface area contributed by atoms with Gasteiger partial charge in [-0.3, -0.25) is 5.32 Å². The number of nitrogens with zero attached hydrogens (tertiary/aromatic N) is 2. The van der Waals surface area contributed by atoms with Crippen LogP contribution in [0, 0.1) is 5.82 Å². The van der Waals surface area contributed by atoms with E-state index in [1.165, 1.54) is 6.07 Å². The number of alkyl halides is 1. The standard InChI is InChI=1S/C12H11ClFIN4/c1-19-6-16-12(13)10(19)9(17-11(15)18-12)7-4-2-3-5-8(7)14/h2-5,16H,6H2,1H3,(H,17,18). The maximum Gasteiger partial charge on any atom is 0.233 e. The van der Waals surface area contributed by atoms with Gasteiger partial charge >= 0.3 is 0 Å². The molecule has 1 atom stereocenters. The molecule has 0 radical (unpaired) electrons. The zero-order valence-electron chi connectivity index (χ0n) is 10.0. The summed E-state index contributed by atoms with van der Waals surface area (Å²) in [4.78, 5) is 6.28. The van der Waals surface area contributed by atoms with Crippen molar-refractivity contribution in [2.45, 2.75) is 5.12 Å². The molecule has 7 heteroatoms. The fraction of sp³-hybridized carbons (Fsp3) is 0.250. The third kappa shape index (κ3) is 2.11. The van der Waals surface area contributed by atoms with Crippen LogP contribution in [-0.2, 0) is 0 Å². The van der Waals surface area contributed by atoms with Crippen molar-refractivity contribution in [2.24, 2.45) is 4.99 Å². The van der Waals surface area contributed by atoms with Crippen molar-refractivity contribution in [1.29, 1.82) is 0 Å². The van der Waals surface area contributed by atoms with Gasteiger partial charge in [-0.1, -0.05) is 23.7 Å². The van der Waals surface area contributed by atoms with Gasteiger partial charge in [0.1, 0.15) is 5.82 Å². The van der Waals surface area contributed by atoms with Gasteiger partial charge in [-0.15, -0.1) is 0 Å². The Labute approximate surface area is 128 Å². The number of hydrogen-bond acceptors (Lipinski definition) is 4. The molecule has 1 fully saturated rings. The van der Waals surface area contributed by atoms with Crippen LogP contribution in [0.5, 0.6) is 0 Å². The van der Waals surface area contributed by atoms with Crippen LogP contribution in [0.25, 0.3) is 5.70 Å². The first-order valence-electron chi connectivity index (χ1n) is 5.68. The van der Waals surface area contributed by atoms with E-state index < -0.39 is 5.12 Å². The van der Waals surface area contributed by atoms with Crippen LogP contribution in [0.15, 0.2) is 35.0 Å². The van der Waals surface area contributed by atoms with Crippen molar-refractivity contribution in [3.8, 4) is 0 Å². The predicted molar refractivity (Wildman–Crippen MR) is 82.3 cm³/mol. The predicted octanol–water partition coefficient (Wildman–Crippen LogP) is 2.27. The molecule has 0 bridgehead atoms. The number of amidine groups is 1. The Kier molecular flexibility index (Phi) is 3.18. The Morgan fingerprint density at radius 2 is 2.21 bits per heavy atom. The van der Waals surface area contributed by atoms with Crippen LogP contribution in [0.4, 0.5) is 4.39 Å². The number of halogens is 3. The Balaban J connectivity index is 2.21. The van der Waals surface area contributed by atoms with Crippen molar-refractivity contribution >= 4 is 43.7 Å². The summed E-state index contributed by atoms with van der Waals surface area (Å²) in [7, 11) is 1.89. The first kappa shape index (κ1) is 13.1. The molecule has 0 saturated carbocycles. The largest absolute Gasteiger partial charge is 0.359 e. The van der Waals surface area contributed by atoms with Gasteiger partial charge in [0.2, 0.25) is 5.12 Å². The first-order chi connectivity index (χ1) is 9.01. The molecule has 1 saturated heterocycles. The molecule has 2 heterocycles. The molecule has 0 aliphatic carbocycles. The van der Waals surface area contributed by atoms with E-state index in [4.69, 9.17) is 11.6 Å². The van der Waals surface area contributed by atoms with Gasteiger partial charge in [-0.05, 0) is 34.7 Å². The molecule has 0 spiro atoms. The van der Waals surface area contributed by atoms with Crippen molar-refractivity contribution < 1.29 is 4.39 Å². The van der Waals surface area contributed by atoms with Crippen molar-refractivity contribution in [2.75, 3.05) is 13.7 Å². The Morgan fingerprint density at radius 3 is 2.95 bits per heavy atom. The minimum absolute atomic E-state index is 0.289. The second-order valence-corrected chi connectivity index (χ2v) is 5.95. The van der Waals surface area contributed by atoms with E-state index in [1.807, 2.05) is 34.5 Å². The lowest BCUT2D eigenvalue weighted by Crippen LogP contribution is -2.40. The number of rotatable bonds is 1. The van der Waals surface area contributed by atoms with Crippen molar-refractivity contribution in [3.63, 3.8) is 0 Å². The lowest BCUT2D eigenvalue weighted by Gasteiger charge is -2.29. The fourth-order valence-electron chi connectivity index (χ4n) is 2.27. The second-order valence-electron chi connectivity index (χ2n) is 4.39.